The van der Waals surface area contributed by atoms with Gasteiger partial charge in [0.05, 0.1) is 12.5 Å². The maximum absolute atomic E-state index is 13.2. The largest absolute Gasteiger partial charge is 0.497 e. The van der Waals surface area contributed by atoms with Crippen molar-refractivity contribution in [3.63, 3.8) is 0 Å². The highest BCUT2D eigenvalue weighted by Gasteiger charge is 2.21. The number of carbonyl (C=O) groups excluding carboxylic acids is 1. The van der Waals surface area contributed by atoms with Crippen LogP contribution in [0.5, 0.6) is 17.2 Å². The van der Waals surface area contributed by atoms with E-state index in [-0.39, 0.29) is 11.5 Å². The number of fused-ring (bicyclic) bond motifs is 1. The van der Waals surface area contributed by atoms with Crippen LogP contribution in [0.25, 0.3) is 22.3 Å². The molecule has 3 aromatic carbocycles. The van der Waals surface area contributed by atoms with Crippen molar-refractivity contribution in [2.24, 2.45) is 0 Å². The van der Waals surface area contributed by atoms with Crippen LogP contribution in [-0.4, -0.2) is 19.7 Å². The Kier molecular flexibility index (Phi) is 6.14. The fraction of sp³-hybridized carbons (Fsp3) is 0.120. The van der Waals surface area contributed by atoms with Gasteiger partial charge in [-0.1, -0.05) is 17.7 Å². The van der Waals surface area contributed by atoms with Gasteiger partial charge in [-0.3, -0.25) is 4.79 Å². The van der Waals surface area contributed by atoms with Crippen LogP contribution in [-0.2, 0) is 4.79 Å². The van der Waals surface area contributed by atoms with Gasteiger partial charge < -0.3 is 18.6 Å². The van der Waals surface area contributed by atoms with Crippen molar-refractivity contribution in [3.8, 4) is 28.6 Å². The van der Waals surface area contributed by atoms with Crippen molar-refractivity contribution in [1.82, 2.24) is 0 Å². The lowest BCUT2D eigenvalue weighted by atomic mass is 10.1. The predicted molar refractivity (Wildman–Crippen MR) is 122 cm³/mol. The summed E-state index contributed by atoms with van der Waals surface area (Å²) >= 11 is 5.85. The molecule has 1 heterocycles. The second kappa shape index (κ2) is 9.16. The van der Waals surface area contributed by atoms with Gasteiger partial charge in [-0.05, 0) is 73.2 Å². The zero-order chi connectivity index (χ0) is 22.7. The molecule has 0 atom stereocenters. The van der Waals surface area contributed by atoms with E-state index in [0.717, 1.165) is 5.56 Å². The molecule has 1 aromatic heterocycles. The molecule has 0 saturated carbocycles. The standard InChI is InChI=1S/C25H19ClO6/c1-15-3-12-20-21(13-15)31-24(16-4-8-18(29-2)9-5-16)25(23(20)28)32-22(27)14-30-19-10-6-17(26)7-11-19/h3-13H,14H2,1-2H3. The van der Waals surface area contributed by atoms with Crippen LogP contribution >= 0.6 is 11.6 Å². The van der Waals surface area contributed by atoms with Gasteiger partial charge in [0.25, 0.3) is 0 Å². The fourth-order valence-corrected chi connectivity index (χ4v) is 3.25. The van der Waals surface area contributed by atoms with Gasteiger partial charge in [-0.2, -0.15) is 0 Å². The molecule has 0 bridgehead atoms. The van der Waals surface area contributed by atoms with Gasteiger partial charge in [0.1, 0.15) is 17.1 Å². The Labute approximate surface area is 188 Å². The Balaban J connectivity index is 1.70. The van der Waals surface area contributed by atoms with Crippen molar-refractivity contribution in [1.29, 1.82) is 0 Å². The summed E-state index contributed by atoms with van der Waals surface area (Å²) in [6.07, 6.45) is 0. The Morgan fingerprint density at radius 2 is 1.66 bits per heavy atom. The van der Waals surface area contributed by atoms with Crippen molar-refractivity contribution in [2.45, 2.75) is 6.92 Å². The highest BCUT2D eigenvalue weighted by atomic mass is 35.5. The molecule has 0 aliphatic carbocycles. The average Bonchev–Trinajstić information content (AvgIpc) is 2.80. The number of aryl methyl sites for hydroxylation is 1. The van der Waals surface area contributed by atoms with E-state index in [1.165, 1.54) is 0 Å². The summed E-state index contributed by atoms with van der Waals surface area (Å²) in [6, 6.07) is 18.6. The van der Waals surface area contributed by atoms with Crippen molar-refractivity contribution < 1.29 is 23.4 Å². The van der Waals surface area contributed by atoms with Gasteiger partial charge >= 0.3 is 5.97 Å². The molecule has 0 N–H and O–H groups in total. The topological polar surface area (TPSA) is 75.0 Å². The molecule has 7 heteroatoms. The SMILES string of the molecule is COc1ccc(-c2oc3cc(C)ccc3c(=O)c2OC(=O)COc2ccc(Cl)cc2)cc1. The molecule has 0 aliphatic rings. The molecule has 4 rings (SSSR count). The zero-order valence-corrected chi connectivity index (χ0v) is 18.1. The number of benzene rings is 3. The van der Waals surface area contributed by atoms with Gasteiger partial charge in [0.15, 0.2) is 12.4 Å². The minimum absolute atomic E-state index is 0.149. The molecule has 6 nitrogen and oxygen atoms in total. The van der Waals surface area contributed by atoms with E-state index in [0.29, 0.717) is 33.1 Å². The molecule has 0 saturated heterocycles. The molecule has 0 aliphatic heterocycles. The summed E-state index contributed by atoms with van der Waals surface area (Å²) < 4.78 is 22.1. The third-order valence-electron chi connectivity index (χ3n) is 4.74. The van der Waals surface area contributed by atoms with Gasteiger partial charge in [0.2, 0.25) is 11.2 Å². The molecule has 0 radical (unpaired) electrons. The number of methoxy groups -OCH3 is 1. The number of carbonyl (C=O) groups is 1. The smallest absolute Gasteiger partial charge is 0.349 e. The molecular formula is C25H19ClO6. The van der Waals surface area contributed by atoms with E-state index in [1.54, 1.807) is 73.8 Å². The molecule has 0 amide bonds. The third-order valence-corrected chi connectivity index (χ3v) is 5.00. The second-order valence-corrected chi connectivity index (χ2v) is 7.47. The Morgan fingerprint density at radius 3 is 2.34 bits per heavy atom. The third kappa shape index (κ3) is 4.60. The lowest BCUT2D eigenvalue weighted by Crippen LogP contribution is -2.21. The van der Waals surface area contributed by atoms with Crippen LogP contribution < -0.4 is 19.6 Å². The predicted octanol–water partition coefficient (Wildman–Crippen LogP) is 5.41. The van der Waals surface area contributed by atoms with E-state index in [9.17, 15) is 9.59 Å². The molecule has 162 valence electrons. The first-order chi connectivity index (χ1) is 15.4. The second-order valence-electron chi connectivity index (χ2n) is 7.03. The summed E-state index contributed by atoms with van der Waals surface area (Å²) in [5.41, 5.74) is 1.45. The fourth-order valence-electron chi connectivity index (χ4n) is 3.12. The molecule has 32 heavy (non-hydrogen) atoms. The minimum Gasteiger partial charge on any atom is -0.497 e. The van der Waals surface area contributed by atoms with Crippen LogP contribution in [0, 0.1) is 6.92 Å². The monoisotopic (exact) mass is 450 g/mol. The first-order valence-corrected chi connectivity index (χ1v) is 10.1. The van der Waals surface area contributed by atoms with Crippen LogP contribution in [0.1, 0.15) is 5.56 Å². The Hall–Kier alpha value is -3.77. The molecule has 0 spiro atoms. The summed E-state index contributed by atoms with van der Waals surface area (Å²) in [7, 11) is 1.56. The summed E-state index contributed by atoms with van der Waals surface area (Å²) in [6.45, 7) is 1.50. The minimum atomic E-state index is -0.742. The van der Waals surface area contributed by atoms with E-state index in [2.05, 4.69) is 0 Å². The number of halogens is 1. The first kappa shape index (κ1) is 21.5. The molecule has 0 fully saturated rings. The van der Waals surface area contributed by atoms with E-state index >= 15 is 0 Å². The lowest BCUT2D eigenvalue weighted by Gasteiger charge is -2.12. The lowest BCUT2D eigenvalue weighted by molar-refractivity contribution is -0.136. The first-order valence-electron chi connectivity index (χ1n) is 9.75. The summed E-state index contributed by atoms with van der Waals surface area (Å²) in [5, 5.41) is 0.863. The number of esters is 1. The van der Waals surface area contributed by atoms with Crippen LogP contribution in [0.4, 0.5) is 0 Å². The van der Waals surface area contributed by atoms with Crippen LogP contribution in [0.3, 0.4) is 0 Å². The Bertz CT molecular complexity index is 1320. The van der Waals surface area contributed by atoms with Gasteiger partial charge in [-0.25, -0.2) is 4.79 Å². The van der Waals surface area contributed by atoms with E-state index in [4.69, 9.17) is 30.2 Å². The number of ether oxygens (including phenoxy) is 3. The van der Waals surface area contributed by atoms with Crippen LogP contribution in [0.15, 0.2) is 75.9 Å². The van der Waals surface area contributed by atoms with Crippen molar-refractivity contribution >= 4 is 28.5 Å². The van der Waals surface area contributed by atoms with E-state index in [1.807, 2.05) is 6.92 Å². The van der Waals surface area contributed by atoms with Crippen molar-refractivity contribution in [3.05, 3.63) is 87.5 Å². The van der Waals surface area contributed by atoms with Crippen LogP contribution in [0.2, 0.25) is 5.02 Å². The maximum atomic E-state index is 13.2. The maximum Gasteiger partial charge on any atom is 0.349 e. The quantitative estimate of drug-likeness (QED) is 0.365. The average molecular weight is 451 g/mol. The van der Waals surface area contributed by atoms with Gasteiger partial charge in [-0.15, -0.1) is 0 Å². The highest BCUT2D eigenvalue weighted by Crippen LogP contribution is 2.32. The number of hydrogen-bond acceptors (Lipinski definition) is 6. The Morgan fingerprint density at radius 1 is 0.969 bits per heavy atom. The summed E-state index contributed by atoms with van der Waals surface area (Å²) in [4.78, 5) is 25.7. The number of hydrogen-bond donors (Lipinski definition) is 0. The van der Waals surface area contributed by atoms with E-state index < -0.39 is 18.0 Å². The zero-order valence-electron chi connectivity index (χ0n) is 17.4. The molecular weight excluding hydrogens is 432 g/mol. The number of rotatable bonds is 6. The highest BCUT2D eigenvalue weighted by molar-refractivity contribution is 6.30. The molecule has 4 aromatic rings. The van der Waals surface area contributed by atoms with Crippen molar-refractivity contribution in [2.75, 3.05) is 13.7 Å². The van der Waals surface area contributed by atoms with Gasteiger partial charge in [0, 0.05) is 10.6 Å². The summed E-state index contributed by atoms with van der Waals surface area (Å²) in [5.74, 6) is 0.297. The molecule has 0 unspecified atom stereocenters. The normalized spacial score (nSPS) is 10.7.